The van der Waals surface area contributed by atoms with E-state index in [9.17, 15) is 9.90 Å². The monoisotopic (exact) mass is 319 g/mol. The number of amides is 1. The highest BCUT2D eigenvalue weighted by atomic mass is 32.2. The molecule has 1 aromatic carbocycles. The molecule has 3 rings (SSSR count). The molecule has 3 nitrogen and oxygen atoms in total. The topological polar surface area (TPSA) is 49.3 Å². The Kier molecular flexibility index (Phi) is 4.33. The standard InChI is InChI=1S/C16H17NO2S2/c1-10(18)11-4-2-3-5-13(11)17-16(19)15-12-6-8-20-14(12)7-9-21-15/h2-6,8,10,15,18H,7,9H2,1H3,(H,17,19). The summed E-state index contributed by atoms with van der Waals surface area (Å²) >= 11 is 3.41. The van der Waals surface area contributed by atoms with Gasteiger partial charge >= 0.3 is 0 Å². The zero-order valence-corrected chi connectivity index (χ0v) is 13.3. The Hall–Kier alpha value is -1.30. The number of hydrogen-bond donors (Lipinski definition) is 2. The second kappa shape index (κ2) is 6.22. The molecule has 2 unspecified atom stereocenters. The van der Waals surface area contributed by atoms with E-state index in [2.05, 4.69) is 16.8 Å². The molecule has 1 aromatic heterocycles. The van der Waals surface area contributed by atoms with Gasteiger partial charge in [0.25, 0.3) is 0 Å². The van der Waals surface area contributed by atoms with Crippen molar-refractivity contribution >= 4 is 34.7 Å². The Morgan fingerprint density at radius 3 is 3.00 bits per heavy atom. The minimum atomic E-state index is -0.600. The first kappa shape index (κ1) is 14.6. The molecule has 0 bridgehead atoms. The van der Waals surface area contributed by atoms with Crippen molar-refractivity contribution in [3.05, 3.63) is 51.7 Å². The van der Waals surface area contributed by atoms with Crippen LogP contribution in [0.1, 0.15) is 34.3 Å². The summed E-state index contributed by atoms with van der Waals surface area (Å²) in [6.07, 6.45) is 0.448. The quantitative estimate of drug-likeness (QED) is 0.905. The summed E-state index contributed by atoms with van der Waals surface area (Å²) in [7, 11) is 0. The smallest absolute Gasteiger partial charge is 0.242 e. The fourth-order valence-corrected chi connectivity index (χ4v) is 4.83. The first-order valence-electron chi connectivity index (χ1n) is 6.92. The van der Waals surface area contributed by atoms with Crippen LogP contribution in [0.25, 0.3) is 0 Å². The Morgan fingerprint density at radius 1 is 1.38 bits per heavy atom. The number of aliphatic hydroxyl groups is 1. The summed E-state index contributed by atoms with van der Waals surface area (Å²) in [6, 6.07) is 9.46. The molecule has 0 aliphatic carbocycles. The lowest BCUT2D eigenvalue weighted by molar-refractivity contribution is -0.115. The van der Waals surface area contributed by atoms with E-state index in [1.165, 1.54) is 4.88 Å². The van der Waals surface area contributed by atoms with Crippen LogP contribution in [0.3, 0.4) is 0 Å². The van der Waals surface area contributed by atoms with Gasteiger partial charge in [-0.25, -0.2) is 0 Å². The Morgan fingerprint density at radius 2 is 2.19 bits per heavy atom. The van der Waals surface area contributed by atoms with Crippen LogP contribution in [-0.4, -0.2) is 16.8 Å². The van der Waals surface area contributed by atoms with Crippen LogP contribution in [0.4, 0.5) is 5.69 Å². The van der Waals surface area contributed by atoms with Crippen molar-refractivity contribution in [2.45, 2.75) is 24.7 Å². The van der Waals surface area contributed by atoms with Gasteiger partial charge in [-0.05, 0) is 42.2 Å². The van der Waals surface area contributed by atoms with Gasteiger partial charge in [-0.2, -0.15) is 0 Å². The van der Waals surface area contributed by atoms with E-state index in [1.54, 1.807) is 30.0 Å². The fraction of sp³-hybridized carbons (Fsp3) is 0.312. The highest BCUT2D eigenvalue weighted by molar-refractivity contribution is 8.00. The summed E-state index contributed by atoms with van der Waals surface area (Å²) in [5, 5.41) is 14.7. The normalized spacial score (nSPS) is 18.9. The molecule has 1 amide bonds. The molecule has 21 heavy (non-hydrogen) atoms. The Bertz CT molecular complexity index is 651. The number of para-hydroxylation sites is 1. The average Bonchev–Trinajstić information content (AvgIpc) is 2.95. The molecule has 1 aliphatic heterocycles. The van der Waals surface area contributed by atoms with Gasteiger partial charge in [0.2, 0.25) is 5.91 Å². The number of rotatable bonds is 3. The maximum absolute atomic E-state index is 12.6. The molecule has 2 N–H and O–H groups in total. The van der Waals surface area contributed by atoms with Crippen LogP contribution in [0, 0.1) is 0 Å². The zero-order valence-electron chi connectivity index (χ0n) is 11.7. The van der Waals surface area contributed by atoms with Crippen LogP contribution in [0.2, 0.25) is 0 Å². The molecule has 2 atom stereocenters. The lowest BCUT2D eigenvalue weighted by atomic mass is 10.1. The number of thiophene rings is 1. The lowest BCUT2D eigenvalue weighted by Crippen LogP contribution is -2.22. The second-order valence-corrected chi connectivity index (χ2v) is 7.27. The van der Waals surface area contributed by atoms with Crippen molar-refractivity contribution in [2.75, 3.05) is 11.1 Å². The third-order valence-corrected chi connectivity index (χ3v) is 5.82. The number of carbonyl (C=O) groups is 1. The minimum absolute atomic E-state index is 0.00699. The molecule has 0 radical (unpaired) electrons. The van der Waals surface area contributed by atoms with Crippen LogP contribution in [0.5, 0.6) is 0 Å². The van der Waals surface area contributed by atoms with Crippen molar-refractivity contribution in [2.24, 2.45) is 0 Å². The maximum Gasteiger partial charge on any atom is 0.242 e. The fourth-order valence-electron chi connectivity index (χ4n) is 2.54. The molecule has 0 saturated carbocycles. The second-order valence-electron chi connectivity index (χ2n) is 5.05. The largest absolute Gasteiger partial charge is 0.389 e. The molecular weight excluding hydrogens is 302 g/mol. The molecule has 110 valence electrons. The van der Waals surface area contributed by atoms with Gasteiger partial charge in [0.05, 0.1) is 6.10 Å². The predicted molar refractivity (Wildman–Crippen MR) is 88.9 cm³/mol. The van der Waals surface area contributed by atoms with E-state index in [0.717, 1.165) is 23.3 Å². The van der Waals surface area contributed by atoms with Crippen LogP contribution in [-0.2, 0) is 11.2 Å². The number of carbonyl (C=O) groups excluding carboxylic acids is 1. The zero-order chi connectivity index (χ0) is 14.8. The third-order valence-electron chi connectivity index (χ3n) is 3.58. The number of aliphatic hydroxyl groups excluding tert-OH is 1. The first-order valence-corrected chi connectivity index (χ1v) is 8.85. The van der Waals surface area contributed by atoms with Crippen molar-refractivity contribution in [1.82, 2.24) is 0 Å². The van der Waals surface area contributed by atoms with E-state index in [0.29, 0.717) is 5.69 Å². The number of fused-ring (bicyclic) bond motifs is 1. The van der Waals surface area contributed by atoms with Crippen molar-refractivity contribution < 1.29 is 9.90 Å². The molecule has 0 saturated heterocycles. The van der Waals surface area contributed by atoms with Gasteiger partial charge in [-0.3, -0.25) is 4.79 Å². The van der Waals surface area contributed by atoms with Gasteiger partial charge < -0.3 is 10.4 Å². The van der Waals surface area contributed by atoms with Crippen LogP contribution in [0.15, 0.2) is 35.7 Å². The number of nitrogens with one attached hydrogen (secondary N) is 1. The number of hydrogen-bond acceptors (Lipinski definition) is 4. The summed E-state index contributed by atoms with van der Waals surface area (Å²) < 4.78 is 0. The summed E-state index contributed by atoms with van der Waals surface area (Å²) in [5.41, 5.74) is 2.58. The molecular formula is C16H17NO2S2. The SMILES string of the molecule is CC(O)c1ccccc1NC(=O)C1SCCc2sccc21. The van der Waals surface area contributed by atoms with E-state index in [1.807, 2.05) is 24.3 Å². The van der Waals surface area contributed by atoms with Gasteiger partial charge in [0.15, 0.2) is 0 Å². The van der Waals surface area contributed by atoms with E-state index in [-0.39, 0.29) is 11.2 Å². The highest BCUT2D eigenvalue weighted by Crippen LogP contribution is 2.40. The summed E-state index contributed by atoms with van der Waals surface area (Å²) in [5.74, 6) is 0.969. The van der Waals surface area contributed by atoms with Crippen LogP contribution < -0.4 is 5.32 Å². The molecule has 0 fully saturated rings. The van der Waals surface area contributed by atoms with Crippen molar-refractivity contribution in [1.29, 1.82) is 0 Å². The molecule has 2 heterocycles. The van der Waals surface area contributed by atoms with E-state index < -0.39 is 6.10 Å². The molecule has 2 aromatic rings. The third kappa shape index (κ3) is 3.00. The van der Waals surface area contributed by atoms with Gasteiger partial charge in [0.1, 0.15) is 5.25 Å². The predicted octanol–water partition coefficient (Wildman–Crippen LogP) is 3.77. The molecule has 1 aliphatic rings. The molecule has 0 spiro atoms. The lowest BCUT2D eigenvalue weighted by Gasteiger charge is -2.22. The van der Waals surface area contributed by atoms with Crippen LogP contribution >= 0.6 is 23.1 Å². The molecule has 5 heteroatoms. The van der Waals surface area contributed by atoms with E-state index in [4.69, 9.17) is 0 Å². The van der Waals surface area contributed by atoms with Gasteiger partial charge in [-0.1, -0.05) is 18.2 Å². The summed E-state index contributed by atoms with van der Waals surface area (Å²) in [4.78, 5) is 13.9. The van der Waals surface area contributed by atoms with Gasteiger partial charge in [-0.15, -0.1) is 23.1 Å². The first-order chi connectivity index (χ1) is 10.2. The number of benzene rings is 1. The number of anilines is 1. The number of aryl methyl sites for hydroxylation is 1. The van der Waals surface area contributed by atoms with Gasteiger partial charge in [0, 0.05) is 16.1 Å². The van der Waals surface area contributed by atoms with E-state index >= 15 is 0 Å². The average molecular weight is 319 g/mol. The maximum atomic E-state index is 12.6. The number of thioether (sulfide) groups is 1. The highest BCUT2D eigenvalue weighted by Gasteiger charge is 2.28. The Labute approximate surface area is 132 Å². The Balaban J connectivity index is 1.83. The van der Waals surface area contributed by atoms with Crippen molar-refractivity contribution in [3.8, 4) is 0 Å². The van der Waals surface area contributed by atoms with Crippen molar-refractivity contribution in [3.63, 3.8) is 0 Å². The summed E-state index contributed by atoms with van der Waals surface area (Å²) in [6.45, 7) is 1.71. The minimum Gasteiger partial charge on any atom is -0.389 e.